The third-order valence-electron chi connectivity index (χ3n) is 4.42. The van der Waals surface area contributed by atoms with E-state index in [4.69, 9.17) is 4.42 Å². The lowest BCUT2D eigenvalue weighted by Gasteiger charge is -2.31. The molecule has 124 valence electrons. The highest BCUT2D eigenvalue weighted by molar-refractivity contribution is 5.47. The molecular weight excluding hydrogens is 302 g/mol. The third-order valence-corrected chi connectivity index (χ3v) is 4.42. The molecule has 6 nitrogen and oxygen atoms in total. The van der Waals surface area contributed by atoms with E-state index in [0.717, 1.165) is 38.2 Å². The van der Waals surface area contributed by atoms with Crippen molar-refractivity contribution >= 4 is 6.01 Å². The lowest BCUT2D eigenvalue weighted by Crippen LogP contribution is -2.38. The number of piperidine rings is 1. The molecule has 1 fully saturated rings. The van der Waals surface area contributed by atoms with Gasteiger partial charge in [0.05, 0.1) is 0 Å². The van der Waals surface area contributed by atoms with Gasteiger partial charge in [0.2, 0.25) is 0 Å². The summed E-state index contributed by atoms with van der Waals surface area (Å²) >= 11 is 0. The predicted molar refractivity (Wildman–Crippen MR) is 92.4 cm³/mol. The van der Waals surface area contributed by atoms with Crippen molar-refractivity contribution in [3.05, 3.63) is 54.2 Å². The van der Waals surface area contributed by atoms with E-state index < -0.39 is 0 Å². The molecule has 24 heavy (non-hydrogen) atoms. The van der Waals surface area contributed by atoms with E-state index in [1.807, 2.05) is 18.3 Å². The molecule has 4 rings (SSSR count). The average Bonchev–Trinajstić information content (AvgIpc) is 3.29. The van der Waals surface area contributed by atoms with E-state index in [0.29, 0.717) is 17.9 Å². The molecule has 1 aliphatic heterocycles. The molecule has 3 heterocycles. The molecule has 6 heteroatoms. The molecule has 0 spiro atoms. The SMILES string of the molecule is c1ccc(CN2CCC(Nc3nnc(-c4ccc[nH]4)o3)CC2)cc1. The maximum Gasteiger partial charge on any atom is 0.316 e. The first-order valence-electron chi connectivity index (χ1n) is 8.37. The van der Waals surface area contributed by atoms with Gasteiger partial charge < -0.3 is 14.7 Å². The maximum absolute atomic E-state index is 5.68. The number of likely N-dealkylation sites (tertiary alicyclic amines) is 1. The smallest absolute Gasteiger partial charge is 0.316 e. The van der Waals surface area contributed by atoms with Crippen LogP contribution >= 0.6 is 0 Å². The number of rotatable bonds is 5. The number of hydrogen-bond donors (Lipinski definition) is 2. The number of aromatic amines is 1. The van der Waals surface area contributed by atoms with E-state index in [9.17, 15) is 0 Å². The van der Waals surface area contributed by atoms with Crippen molar-refractivity contribution in [3.63, 3.8) is 0 Å². The zero-order chi connectivity index (χ0) is 16.2. The van der Waals surface area contributed by atoms with Gasteiger partial charge in [0.25, 0.3) is 5.89 Å². The largest absolute Gasteiger partial charge is 0.402 e. The topological polar surface area (TPSA) is 70.0 Å². The minimum atomic E-state index is 0.383. The molecule has 0 bridgehead atoms. The standard InChI is InChI=1S/C18H21N5O/c1-2-5-14(6-3-1)13-23-11-8-15(9-12-23)20-18-22-21-17(24-18)16-7-4-10-19-16/h1-7,10,15,19H,8-9,11-13H2,(H,20,22). The van der Waals surface area contributed by atoms with Crippen molar-refractivity contribution in [2.75, 3.05) is 18.4 Å². The van der Waals surface area contributed by atoms with E-state index in [1.165, 1.54) is 5.56 Å². The lowest BCUT2D eigenvalue weighted by atomic mass is 10.0. The molecular formula is C18H21N5O. The maximum atomic E-state index is 5.68. The summed E-state index contributed by atoms with van der Waals surface area (Å²) in [6, 6.07) is 15.3. The van der Waals surface area contributed by atoms with Gasteiger partial charge in [-0.05, 0) is 30.5 Å². The van der Waals surface area contributed by atoms with Crippen LogP contribution in [0.2, 0.25) is 0 Å². The Kier molecular flexibility index (Phi) is 4.29. The number of H-pyrrole nitrogens is 1. The van der Waals surface area contributed by atoms with Gasteiger partial charge in [-0.25, -0.2) is 0 Å². The second-order valence-corrected chi connectivity index (χ2v) is 6.18. The van der Waals surface area contributed by atoms with Crippen molar-refractivity contribution in [1.82, 2.24) is 20.1 Å². The Morgan fingerprint density at radius 2 is 1.92 bits per heavy atom. The Morgan fingerprint density at radius 1 is 1.08 bits per heavy atom. The van der Waals surface area contributed by atoms with Gasteiger partial charge in [-0.3, -0.25) is 4.90 Å². The Hall–Kier alpha value is -2.60. The summed E-state index contributed by atoms with van der Waals surface area (Å²) in [6.07, 6.45) is 4.00. The number of nitrogens with zero attached hydrogens (tertiary/aromatic N) is 3. The summed E-state index contributed by atoms with van der Waals surface area (Å²) in [4.78, 5) is 5.56. The summed E-state index contributed by atoms with van der Waals surface area (Å²) in [5.41, 5.74) is 2.21. The molecule has 2 aromatic heterocycles. The van der Waals surface area contributed by atoms with Gasteiger partial charge in [0.15, 0.2) is 0 Å². The van der Waals surface area contributed by atoms with Crippen molar-refractivity contribution in [2.45, 2.75) is 25.4 Å². The van der Waals surface area contributed by atoms with Crippen LogP contribution in [0.5, 0.6) is 0 Å². The summed E-state index contributed by atoms with van der Waals surface area (Å²) < 4.78 is 5.68. The van der Waals surface area contributed by atoms with Crippen LogP contribution < -0.4 is 5.32 Å². The molecule has 0 amide bonds. The number of benzene rings is 1. The Labute approximate surface area is 140 Å². The lowest BCUT2D eigenvalue weighted by molar-refractivity contribution is 0.210. The van der Waals surface area contributed by atoms with Crippen LogP contribution in [0.15, 0.2) is 53.1 Å². The molecule has 1 aromatic carbocycles. The molecule has 0 atom stereocenters. The van der Waals surface area contributed by atoms with Crippen LogP contribution in [0.25, 0.3) is 11.6 Å². The van der Waals surface area contributed by atoms with Crippen LogP contribution in [0, 0.1) is 0 Å². The fraction of sp³-hybridized carbons (Fsp3) is 0.333. The molecule has 1 aliphatic rings. The van der Waals surface area contributed by atoms with Gasteiger partial charge in [-0.15, -0.1) is 5.10 Å². The van der Waals surface area contributed by atoms with Crippen molar-refractivity contribution in [3.8, 4) is 11.6 Å². The molecule has 2 N–H and O–H groups in total. The van der Waals surface area contributed by atoms with E-state index in [-0.39, 0.29) is 0 Å². The molecule has 0 unspecified atom stereocenters. The Morgan fingerprint density at radius 3 is 2.67 bits per heavy atom. The molecule has 1 saturated heterocycles. The minimum Gasteiger partial charge on any atom is -0.402 e. The molecule has 0 radical (unpaired) electrons. The first kappa shape index (κ1) is 15.0. The van der Waals surface area contributed by atoms with Crippen LogP contribution in [0.3, 0.4) is 0 Å². The third kappa shape index (κ3) is 3.49. The number of hydrogen-bond acceptors (Lipinski definition) is 5. The van der Waals surface area contributed by atoms with Crippen LogP contribution in [-0.4, -0.2) is 39.2 Å². The van der Waals surface area contributed by atoms with Gasteiger partial charge >= 0.3 is 6.01 Å². The first-order valence-corrected chi connectivity index (χ1v) is 8.37. The minimum absolute atomic E-state index is 0.383. The van der Waals surface area contributed by atoms with Gasteiger partial charge in [-0.1, -0.05) is 35.4 Å². The fourth-order valence-electron chi connectivity index (χ4n) is 3.11. The average molecular weight is 323 g/mol. The molecule has 0 saturated carbocycles. The zero-order valence-corrected chi connectivity index (χ0v) is 13.5. The highest BCUT2D eigenvalue weighted by Crippen LogP contribution is 2.21. The summed E-state index contributed by atoms with van der Waals surface area (Å²) in [6.45, 7) is 3.17. The van der Waals surface area contributed by atoms with Crippen LogP contribution in [-0.2, 0) is 6.54 Å². The van der Waals surface area contributed by atoms with Crippen LogP contribution in [0.4, 0.5) is 6.01 Å². The van der Waals surface area contributed by atoms with E-state index >= 15 is 0 Å². The molecule has 3 aromatic rings. The second kappa shape index (κ2) is 6.88. The van der Waals surface area contributed by atoms with Gasteiger partial charge in [0.1, 0.15) is 5.69 Å². The van der Waals surface area contributed by atoms with Crippen molar-refractivity contribution < 1.29 is 4.42 Å². The van der Waals surface area contributed by atoms with Gasteiger partial charge in [-0.2, -0.15) is 0 Å². The number of aromatic nitrogens is 3. The van der Waals surface area contributed by atoms with E-state index in [2.05, 4.69) is 55.7 Å². The van der Waals surface area contributed by atoms with E-state index in [1.54, 1.807) is 0 Å². The molecule has 0 aliphatic carbocycles. The first-order chi connectivity index (χ1) is 11.9. The monoisotopic (exact) mass is 323 g/mol. The highest BCUT2D eigenvalue weighted by Gasteiger charge is 2.21. The van der Waals surface area contributed by atoms with Crippen LogP contribution in [0.1, 0.15) is 18.4 Å². The van der Waals surface area contributed by atoms with Crippen molar-refractivity contribution in [1.29, 1.82) is 0 Å². The summed E-state index contributed by atoms with van der Waals surface area (Å²) in [7, 11) is 0. The van der Waals surface area contributed by atoms with Crippen molar-refractivity contribution in [2.24, 2.45) is 0 Å². The zero-order valence-electron chi connectivity index (χ0n) is 13.5. The quantitative estimate of drug-likeness (QED) is 0.755. The Balaban J connectivity index is 1.29. The fourth-order valence-corrected chi connectivity index (χ4v) is 3.11. The second-order valence-electron chi connectivity index (χ2n) is 6.18. The predicted octanol–water partition coefficient (Wildman–Crippen LogP) is 3.14. The summed E-state index contributed by atoms with van der Waals surface area (Å²) in [5, 5.41) is 11.5. The number of anilines is 1. The van der Waals surface area contributed by atoms with Gasteiger partial charge in [0, 0.05) is 31.9 Å². The summed E-state index contributed by atoms with van der Waals surface area (Å²) in [5.74, 6) is 0.518. The number of nitrogens with one attached hydrogen (secondary N) is 2. The Bertz CT molecular complexity index is 745. The normalized spacial score (nSPS) is 16.3. The highest BCUT2D eigenvalue weighted by atomic mass is 16.4.